The monoisotopic (exact) mass is 799 g/mol. The Morgan fingerprint density at radius 2 is 1.00 bits per heavy atom. The molecule has 55 heavy (non-hydrogen) atoms. The molecule has 0 radical (unpaired) electrons. The fourth-order valence-corrected chi connectivity index (χ4v) is 6.85. The molecule has 0 rings (SSSR count). The van der Waals surface area contributed by atoms with Crippen LogP contribution in [0.15, 0.2) is 36.5 Å². The molecule has 0 saturated carbocycles. The number of allylic oxidation sites excluding steroid dienone is 6. The average Bonchev–Trinajstić information content (AvgIpc) is 3.13. The summed E-state index contributed by atoms with van der Waals surface area (Å²) in [5.74, 6) is -0.328. The van der Waals surface area contributed by atoms with Crippen molar-refractivity contribution in [1.82, 2.24) is 0 Å². The maximum Gasteiger partial charge on any atom is 0.472 e. The number of hydrogen-bond acceptors (Lipinski definition) is 6. The molecule has 0 aromatic carbocycles. The number of ether oxygens (including phenoxy) is 2. The predicted octanol–water partition coefficient (Wildman–Crippen LogP) is 13.4. The van der Waals surface area contributed by atoms with Crippen molar-refractivity contribution < 1.29 is 37.3 Å². The second-order valence-electron chi connectivity index (χ2n) is 16.4. The van der Waals surface area contributed by atoms with Crippen LogP contribution in [0.2, 0.25) is 0 Å². The maximum atomic E-state index is 12.7. The van der Waals surface area contributed by atoms with Gasteiger partial charge in [0.15, 0.2) is 0 Å². The molecule has 0 bridgehead atoms. The Bertz CT molecular complexity index is 978. The highest BCUT2D eigenvalue weighted by Gasteiger charge is 2.26. The number of quaternary nitrogens is 1. The summed E-state index contributed by atoms with van der Waals surface area (Å²) in [6.07, 6.45) is 46.0. The number of carbonyl (C=O) groups is 1. The van der Waals surface area contributed by atoms with E-state index < -0.39 is 13.9 Å². The lowest BCUT2D eigenvalue weighted by Crippen LogP contribution is -2.37. The van der Waals surface area contributed by atoms with Gasteiger partial charge in [-0.15, -0.1) is 0 Å². The van der Waals surface area contributed by atoms with Gasteiger partial charge in [-0.25, -0.2) is 4.57 Å². The second kappa shape index (κ2) is 39.5. The van der Waals surface area contributed by atoms with Gasteiger partial charge in [0.1, 0.15) is 19.3 Å². The highest BCUT2D eigenvalue weighted by atomic mass is 31.2. The van der Waals surface area contributed by atoms with Crippen molar-refractivity contribution in [3.8, 4) is 0 Å². The third kappa shape index (κ3) is 43.7. The van der Waals surface area contributed by atoms with Gasteiger partial charge < -0.3 is 18.9 Å². The van der Waals surface area contributed by atoms with Crippen LogP contribution in [0.3, 0.4) is 0 Å². The van der Waals surface area contributed by atoms with Crippen LogP contribution in [0.4, 0.5) is 0 Å². The Hall–Kier alpha value is -1.28. The molecule has 2 unspecified atom stereocenters. The van der Waals surface area contributed by atoms with Gasteiger partial charge in [0.2, 0.25) is 0 Å². The summed E-state index contributed by atoms with van der Waals surface area (Å²) >= 11 is 0. The SMILES string of the molecule is CCCCC/C=C\C/C=C\CCCCCCCC(=O)OC(COCCCCCCCCCC/C=C\CCCCCCCC)COP(=O)(O)OCC[N+](C)(C)C. The molecular weight excluding hydrogens is 709 g/mol. The molecular formula is C46H89NO7P+. The molecule has 0 aliphatic carbocycles. The Kier molecular flexibility index (Phi) is 38.6. The Balaban J connectivity index is 4.23. The standard InChI is InChI=1S/C46H88NO7P/c1-6-8-10-12-14-16-18-20-22-23-24-26-28-30-32-34-36-38-41-51-43-45(44-53-55(49,50)52-42-40-47(3,4)5)54-46(48)39-37-35-33-31-29-27-25-21-19-17-15-13-11-9-7-2/h15,17,20-22,25,45H,6-14,16,18-19,23-24,26-44H2,1-5H3/p+1/b17-15-,22-20-,25-21-. The van der Waals surface area contributed by atoms with E-state index in [-0.39, 0.29) is 25.8 Å². The lowest BCUT2D eigenvalue weighted by Gasteiger charge is -2.24. The zero-order valence-corrected chi connectivity index (χ0v) is 37.6. The Morgan fingerprint density at radius 3 is 1.53 bits per heavy atom. The minimum absolute atomic E-state index is 0.0851. The largest absolute Gasteiger partial charge is 0.472 e. The molecule has 1 N–H and O–H groups in total. The molecule has 0 amide bonds. The van der Waals surface area contributed by atoms with Crippen LogP contribution < -0.4 is 0 Å². The van der Waals surface area contributed by atoms with Crippen molar-refractivity contribution in [2.45, 2.75) is 200 Å². The number of nitrogens with zero attached hydrogens (tertiary/aromatic N) is 1. The van der Waals surface area contributed by atoms with Crippen LogP contribution in [-0.4, -0.2) is 75.6 Å². The number of esters is 1. The van der Waals surface area contributed by atoms with E-state index in [1.54, 1.807) is 0 Å². The lowest BCUT2D eigenvalue weighted by molar-refractivity contribution is -0.870. The fourth-order valence-electron chi connectivity index (χ4n) is 6.11. The van der Waals surface area contributed by atoms with Gasteiger partial charge in [-0.3, -0.25) is 13.8 Å². The van der Waals surface area contributed by atoms with E-state index in [0.717, 1.165) is 57.8 Å². The van der Waals surface area contributed by atoms with Crippen LogP contribution in [0.5, 0.6) is 0 Å². The topological polar surface area (TPSA) is 91.3 Å². The van der Waals surface area contributed by atoms with Crippen molar-refractivity contribution in [2.24, 2.45) is 0 Å². The quantitative estimate of drug-likeness (QED) is 0.0216. The molecule has 0 aromatic heterocycles. The van der Waals surface area contributed by atoms with Gasteiger partial charge in [0, 0.05) is 13.0 Å². The number of rotatable bonds is 42. The number of hydrogen-bond donors (Lipinski definition) is 1. The second-order valence-corrected chi connectivity index (χ2v) is 17.9. The highest BCUT2D eigenvalue weighted by molar-refractivity contribution is 7.47. The van der Waals surface area contributed by atoms with Crippen LogP contribution in [0, 0.1) is 0 Å². The van der Waals surface area contributed by atoms with E-state index in [2.05, 4.69) is 50.3 Å². The first-order valence-electron chi connectivity index (χ1n) is 22.7. The number of carbonyl (C=O) groups excluding carboxylic acids is 1. The van der Waals surface area contributed by atoms with Crippen LogP contribution >= 0.6 is 7.82 Å². The van der Waals surface area contributed by atoms with Crippen molar-refractivity contribution in [3.05, 3.63) is 36.5 Å². The van der Waals surface area contributed by atoms with E-state index in [9.17, 15) is 14.3 Å². The highest BCUT2D eigenvalue weighted by Crippen LogP contribution is 2.43. The molecule has 8 nitrogen and oxygen atoms in total. The van der Waals surface area contributed by atoms with Gasteiger partial charge in [0.25, 0.3) is 0 Å². The summed E-state index contributed by atoms with van der Waals surface area (Å²) < 4.78 is 35.0. The first-order valence-corrected chi connectivity index (χ1v) is 24.2. The molecule has 0 aliphatic rings. The summed E-state index contributed by atoms with van der Waals surface area (Å²) in [5, 5.41) is 0. The van der Waals surface area contributed by atoms with E-state index >= 15 is 0 Å². The number of phosphoric acid groups is 1. The summed E-state index contributed by atoms with van der Waals surface area (Å²) in [6.45, 7) is 5.58. The molecule has 0 heterocycles. The summed E-state index contributed by atoms with van der Waals surface area (Å²) in [4.78, 5) is 22.9. The molecule has 324 valence electrons. The molecule has 0 aliphatic heterocycles. The van der Waals surface area contributed by atoms with Gasteiger partial charge in [0.05, 0.1) is 34.4 Å². The molecule has 2 atom stereocenters. The van der Waals surface area contributed by atoms with Crippen molar-refractivity contribution >= 4 is 13.8 Å². The number of phosphoric ester groups is 1. The summed E-state index contributed by atoms with van der Waals surface area (Å²) in [6, 6.07) is 0. The third-order valence-corrected chi connectivity index (χ3v) is 10.7. The minimum atomic E-state index is -4.28. The lowest BCUT2D eigenvalue weighted by atomic mass is 10.1. The van der Waals surface area contributed by atoms with Crippen molar-refractivity contribution in [2.75, 3.05) is 54.1 Å². The molecule has 0 saturated heterocycles. The van der Waals surface area contributed by atoms with Crippen LogP contribution in [0.25, 0.3) is 0 Å². The van der Waals surface area contributed by atoms with Gasteiger partial charge in [-0.1, -0.05) is 153 Å². The van der Waals surface area contributed by atoms with Crippen molar-refractivity contribution in [1.29, 1.82) is 0 Å². The maximum absolute atomic E-state index is 12.7. The average molecular weight is 799 g/mol. The summed E-state index contributed by atoms with van der Waals surface area (Å²) in [7, 11) is 1.66. The van der Waals surface area contributed by atoms with Crippen LogP contribution in [0.1, 0.15) is 194 Å². The Labute approximate surface area is 340 Å². The molecule has 0 fully saturated rings. The van der Waals surface area contributed by atoms with E-state index in [4.69, 9.17) is 18.5 Å². The molecule has 0 spiro atoms. The predicted molar refractivity (Wildman–Crippen MR) is 233 cm³/mol. The molecule has 0 aromatic rings. The third-order valence-electron chi connectivity index (χ3n) is 9.67. The van der Waals surface area contributed by atoms with E-state index in [1.165, 1.54) is 116 Å². The molecule has 9 heteroatoms. The zero-order valence-electron chi connectivity index (χ0n) is 36.7. The van der Waals surface area contributed by atoms with Crippen molar-refractivity contribution in [3.63, 3.8) is 0 Å². The van der Waals surface area contributed by atoms with E-state index in [0.29, 0.717) is 24.1 Å². The van der Waals surface area contributed by atoms with Crippen LogP contribution in [-0.2, 0) is 27.9 Å². The normalized spacial score (nSPS) is 14.1. The number of unbranched alkanes of at least 4 members (excludes halogenated alkanes) is 22. The van der Waals surface area contributed by atoms with Gasteiger partial charge in [-0.2, -0.15) is 0 Å². The minimum Gasteiger partial charge on any atom is -0.457 e. The smallest absolute Gasteiger partial charge is 0.457 e. The zero-order chi connectivity index (χ0) is 40.6. The summed E-state index contributed by atoms with van der Waals surface area (Å²) in [5.41, 5.74) is 0. The van der Waals surface area contributed by atoms with Gasteiger partial charge >= 0.3 is 13.8 Å². The first kappa shape index (κ1) is 53.7. The first-order chi connectivity index (χ1) is 26.6. The fraction of sp³-hybridized carbons (Fsp3) is 0.848. The van der Waals surface area contributed by atoms with Gasteiger partial charge in [-0.05, 0) is 70.6 Å². The number of likely N-dealkylation sites (N-methyl/N-ethyl adjacent to an activating group) is 1. The van der Waals surface area contributed by atoms with E-state index in [1.807, 2.05) is 21.1 Å². The Morgan fingerprint density at radius 1 is 0.564 bits per heavy atom.